The molecule has 4 heterocycles. The summed E-state index contributed by atoms with van der Waals surface area (Å²) in [5.74, 6) is 3.93. The molecular weight excluding hydrogens is 789 g/mol. The molecule has 2 unspecified atom stereocenters. The molecule has 0 N–H and O–H groups in total. The molecule has 0 spiro atoms. The van der Waals surface area contributed by atoms with Crippen molar-refractivity contribution in [3.63, 3.8) is 0 Å². The van der Waals surface area contributed by atoms with E-state index in [1.165, 1.54) is 76.4 Å². The number of hydrogen-bond donors (Lipinski definition) is 0. The summed E-state index contributed by atoms with van der Waals surface area (Å²) in [6, 6.07) is 10.1. The molecule has 2 amide bonds. The number of hydrogen-bond acceptors (Lipinski definition) is 10. The summed E-state index contributed by atoms with van der Waals surface area (Å²) >= 11 is 0. The third-order valence-electron chi connectivity index (χ3n) is 12.5. The van der Waals surface area contributed by atoms with Crippen molar-refractivity contribution in [3.05, 3.63) is 52.1 Å². The fraction of sp³-hybridized carbons (Fsp3) is 0.609. The summed E-state index contributed by atoms with van der Waals surface area (Å²) in [6.45, 7) is 24.5. The maximum Gasteiger partial charge on any atom is 0.267 e. The molecule has 0 aromatic heterocycles. The minimum absolute atomic E-state index is 0.0271. The number of carbonyl (C=O) groups is 2. The third kappa shape index (κ3) is 10.2. The molecule has 2 aliphatic carbocycles. The third-order valence-corrected chi connectivity index (χ3v) is 15.9. The Balaban J connectivity index is 0.000000181. The van der Waals surface area contributed by atoms with Gasteiger partial charge in [0.25, 0.3) is 11.8 Å². The van der Waals surface area contributed by atoms with Crippen LogP contribution < -0.4 is 19.3 Å². The zero-order valence-electron chi connectivity index (χ0n) is 37.9. The first-order valence-corrected chi connectivity index (χ1v) is 29.6. The maximum absolute atomic E-state index is 13.0. The van der Waals surface area contributed by atoms with Crippen LogP contribution in [-0.4, -0.2) is 102 Å². The summed E-state index contributed by atoms with van der Waals surface area (Å²) in [5.41, 5.74) is 8.42. The standard InChI is InChI=1S/C23H35N3O3Si.C23H33N3O3Si/c2*1-16-11-21-20(13-19(16)12-18-7-6-8-18)26-17(2)23(27)25(24-22(26)14-29-21)15-28-9-10-30(3,4)5/h11,13,17-18H,6-10,12,14-15H2,1-5H3;11-13,17H,6-10,14-15H2,1-5H3. The van der Waals surface area contributed by atoms with Gasteiger partial charge in [-0.3, -0.25) is 9.59 Å². The molecule has 2 aromatic carbocycles. The first-order chi connectivity index (χ1) is 28.5. The first-order valence-electron chi connectivity index (χ1n) is 22.2. The Hall–Kier alpha value is -3.99. The van der Waals surface area contributed by atoms with E-state index < -0.39 is 16.1 Å². The van der Waals surface area contributed by atoms with Gasteiger partial charge in [0.15, 0.2) is 11.7 Å². The van der Waals surface area contributed by atoms with Crippen LogP contribution in [0.15, 0.2) is 40.0 Å². The highest BCUT2D eigenvalue weighted by Gasteiger charge is 2.41. The predicted octanol–water partition coefficient (Wildman–Crippen LogP) is 9.01. The molecule has 14 heteroatoms. The number of ether oxygens (including phenoxy) is 4. The molecular formula is C46H68N6O6Si2. The summed E-state index contributed by atoms with van der Waals surface area (Å²) in [7, 11) is -2.32. The lowest BCUT2D eigenvalue weighted by Gasteiger charge is -2.41. The number of amides is 2. The number of carbonyl (C=O) groups excluding carboxylic acids is 2. The van der Waals surface area contributed by atoms with Gasteiger partial charge in [-0.1, -0.05) is 70.2 Å². The summed E-state index contributed by atoms with van der Waals surface area (Å²) < 4.78 is 23.6. The number of rotatable bonds is 13. The summed E-state index contributed by atoms with van der Waals surface area (Å²) in [4.78, 5) is 30.1. The molecule has 12 nitrogen and oxygen atoms in total. The van der Waals surface area contributed by atoms with Gasteiger partial charge < -0.3 is 28.7 Å². The SMILES string of the molecule is Cc1cc2c(cc1C=C1CCC1)N1C(=NN(COCC[Si](C)(C)C)C(=O)C1C)CO2.Cc1cc2c(cc1CC1CCC1)N1C(=NN(COCC[Si](C)(C)C)C(=O)C1C)CO2. The van der Waals surface area contributed by atoms with Crippen molar-refractivity contribution in [2.24, 2.45) is 16.1 Å². The number of fused-ring (bicyclic) bond motifs is 6. The largest absolute Gasteiger partial charge is 0.483 e. The lowest BCUT2D eigenvalue weighted by Crippen LogP contribution is -2.57. The Labute approximate surface area is 359 Å². The van der Waals surface area contributed by atoms with Crippen LogP contribution in [0.4, 0.5) is 11.4 Å². The van der Waals surface area contributed by atoms with Crippen molar-refractivity contribution >= 4 is 57.1 Å². The van der Waals surface area contributed by atoms with Crippen LogP contribution >= 0.6 is 0 Å². The minimum atomic E-state index is -1.16. The van der Waals surface area contributed by atoms with Crippen molar-refractivity contribution < 1.29 is 28.5 Å². The van der Waals surface area contributed by atoms with E-state index in [1.54, 1.807) is 0 Å². The zero-order chi connectivity index (χ0) is 42.9. The van der Waals surface area contributed by atoms with E-state index in [1.807, 2.05) is 18.7 Å². The molecule has 0 saturated heterocycles. The fourth-order valence-electron chi connectivity index (χ4n) is 8.13. The van der Waals surface area contributed by atoms with E-state index in [0.29, 0.717) is 26.4 Å². The normalized spacial score (nSPS) is 21.2. The number of aryl methyl sites for hydroxylation is 2. The average molecular weight is 857 g/mol. The minimum Gasteiger partial charge on any atom is -0.483 e. The van der Waals surface area contributed by atoms with E-state index in [9.17, 15) is 9.59 Å². The Kier molecular flexibility index (Phi) is 13.3. The van der Waals surface area contributed by atoms with Gasteiger partial charge in [0.1, 0.15) is 50.3 Å². The molecule has 8 rings (SSSR count). The maximum atomic E-state index is 13.0. The molecule has 2 fully saturated rings. The Morgan fingerprint density at radius 2 is 1.22 bits per heavy atom. The van der Waals surface area contributed by atoms with Crippen LogP contribution in [0.1, 0.15) is 74.6 Å². The lowest BCUT2D eigenvalue weighted by molar-refractivity contribution is -0.139. The highest BCUT2D eigenvalue weighted by molar-refractivity contribution is 6.76. The molecule has 2 aromatic rings. The number of amidine groups is 2. The van der Waals surface area contributed by atoms with Crippen LogP contribution in [0.3, 0.4) is 0 Å². The van der Waals surface area contributed by atoms with Gasteiger partial charge >= 0.3 is 0 Å². The van der Waals surface area contributed by atoms with Crippen molar-refractivity contribution in [3.8, 4) is 11.5 Å². The highest BCUT2D eigenvalue weighted by Crippen LogP contribution is 2.41. The van der Waals surface area contributed by atoms with Gasteiger partial charge in [-0.15, -0.1) is 0 Å². The van der Waals surface area contributed by atoms with Gasteiger partial charge in [0.2, 0.25) is 0 Å². The van der Waals surface area contributed by atoms with E-state index in [2.05, 4.69) is 98.6 Å². The molecule has 2 atom stereocenters. The molecule has 60 heavy (non-hydrogen) atoms. The lowest BCUT2D eigenvalue weighted by atomic mass is 9.80. The van der Waals surface area contributed by atoms with Gasteiger partial charge in [-0.2, -0.15) is 10.2 Å². The summed E-state index contributed by atoms with van der Waals surface area (Å²) in [5, 5.41) is 12.1. The molecule has 0 radical (unpaired) electrons. The van der Waals surface area contributed by atoms with Gasteiger partial charge in [0.05, 0.1) is 11.4 Å². The van der Waals surface area contributed by atoms with E-state index in [-0.39, 0.29) is 37.4 Å². The van der Waals surface area contributed by atoms with Crippen LogP contribution in [0, 0.1) is 19.8 Å². The number of nitrogens with zero attached hydrogens (tertiary/aromatic N) is 6. The first kappa shape index (κ1) is 44.1. The Morgan fingerprint density at radius 3 is 1.67 bits per heavy atom. The van der Waals surface area contributed by atoms with Crippen molar-refractivity contribution in [2.45, 2.75) is 136 Å². The van der Waals surface area contributed by atoms with Crippen molar-refractivity contribution in [1.29, 1.82) is 0 Å². The second-order valence-electron chi connectivity index (χ2n) is 20.0. The summed E-state index contributed by atoms with van der Waals surface area (Å²) in [6.07, 6.45) is 11.1. The van der Waals surface area contributed by atoms with E-state index in [0.717, 1.165) is 59.0 Å². The van der Waals surface area contributed by atoms with Gasteiger partial charge in [-0.05, 0) is 118 Å². The number of allylic oxidation sites excluding steroid dienone is 1. The number of hydrazone groups is 2. The Morgan fingerprint density at radius 1 is 0.717 bits per heavy atom. The molecule has 2 saturated carbocycles. The average Bonchev–Trinajstić information content (AvgIpc) is 3.14. The van der Waals surface area contributed by atoms with Gasteiger partial charge in [-0.25, -0.2) is 10.0 Å². The molecule has 6 aliphatic rings. The molecule has 0 bridgehead atoms. The fourth-order valence-corrected chi connectivity index (χ4v) is 9.64. The van der Waals surface area contributed by atoms with Crippen LogP contribution in [0.2, 0.25) is 51.4 Å². The second-order valence-corrected chi connectivity index (χ2v) is 31.2. The van der Waals surface area contributed by atoms with Crippen LogP contribution in [-0.2, 0) is 25.5 Å². The smallest absolute Gasteiger partial charge is 0.267 e. The second kappa shape index (κ2) is 18.2. The topological polar surface area (TPSA) is 109 Å². The van der Waals surface area contributed by atoms with Crippen LogP contribution in [0.25, 0.3) is 6.08 Å². The predicted molar refractivity (Wildman–Crippen MR) is 247 cm³/mol. The molecule has 326 valence electrons. The highest BCUT2D eigenvalue weighted by atomic mass is 28.3. The molecule has 4 aliphatic heterocycles. The van der Waals surface area contributed by atoms with Crippen LogP contribution in [0.5, 0.6) is 11.5 Å². The van der Waals surface area contributed by atoms with E-state index >= 15 is 0 Å². The van der Waals surface area contributed by atoms with Crippen molar-refractivity contribution in [2.75, 3.05) is 49.7 Å². The quantitative estimate of drug-likeness (QED) is 0.145. The zero-order valence-corrected chi connectivity index (χ0v) is 39.9. The Bertz CT molecular complexity index is 2030. The van der Waals surface area contributed by atoms with Crippen molar-refractivity contribution in [1.82, 2.24) is 10.0 Å². The van der Waals surface area contributed by atoms with Gasteiger partial charge in [0, 0.05) is 29.4 Å². The number of benzene rings is 2. The number of anilines is 2. The monoisotopic (exact) mass is 856 g/mol. The van der Waals surface area contributed by atoms with E-state index in [4.69, 9.17) is 18.9 Å².